The number of ether oxygens (including phenoxy) is 2. The van der Waals surface area contributed by atoms with Gasteiger partial charge in [-0.25, -0.2) is 0 Å². The van der Waals surface area contributed by atoms with E-state index in [1.165, 1.54) is 0 Å². The van der Waals surface area contributed by atoms with Gasteiger partial charge in [-0.2, -0.15) is 4.98 Å². The van der Waals surface area contributed by atoms with Crippen LogP contribution in [0.15, 0.2) is 36.4 Å². The van der Waals surface area contributed by atoms with E-state index < -0.39 is 5.91 Å². The highest BCUT2D eigenvalue weighted by atomic mass is 35.5. The Bertz CT molecular complexity index is 959. The Morgan fingerprint density at radius 1 is 1.15 bits per heavy atom. The van der Waals surface area contributed by atoms with Gasteiger partial charge < -0.3 is 9.47 Å². The molecule has 7 nitrogen and oxygen atoms in total. The molecule has 1 aromatic heterocycles. The number of H-pyrrole nitrogens is 1. The number of hydrogen-bond acceptors (Lipinski definition) is 5. The van der Waals surface area contributed by atoms with Gasteiger partial charge in [-0.05, 0) is 24.3 Å². The molecule has 3 aromatic rings. The Hall–Kier alpha value is -2.77. The van der Waals surface area contributed by atoms with E-state index in [0.29, 0.717) is 22.9 Å². The van der Waals surface area contributed by atoms with Crippen molar-refractivity contribution in [3.05, 3.63) is 52.0 Å². The number of aromatic nitrogens is 3. The number of carbonyl (C=O) groups excluding carboxylic acids is 1. The van der Waals surface area contributed by atoms with Gasteiger partial charge >= 0.3 is 0 Å². The summed E-state index contributed by atoms with van der Waals surface area (Å²) in [5, 5.41) is 9.79. The Kier molecular flexibility index (Phi) is 5.29. The number of halogens is 2. The Labute approximate surface area is 159 Å². The zero-order valence-electron chi connectivity index (χ0n) is 13.8. The van der Waals surface area contributed by atoms with E-state index >= 15 is 0 Å². The summed E-state index contributed by atoms with van der Waals surface area (Å²) >= 11 is 12.0. The first-order chi connectivity index (χ1) is 12.5. The molecule has 26 heavy (non-hydrogen) atoms. The highest BCUT2D eigenvalue weighted by molar-refractivity contribution is 6.44. The fraction of sp³-hybridized carbons (Fsp3) is 0.118. The predicted octanol–water partition coefficient (Wildman–Crippen LogP) is 4.05. The van der Waals surface area contributed by atoms with Gasteiger partial charge in [-0.3, -0.25) is 15.2 Å². The summed E-state index contributed by atoms with van der Waals surface area (Å²) in [5.74, 6) is 1.26. The maximum absolute atomic E-state index is 12.4. The lowest BCUT2D eigenvalue weighted by Crippen LogP contribution is -2.13. The number of methoxy groups -OCH3 is 2. The monoisotopic (exact) mass is 392 g/mol. The first-order valence-electron chi connectivity index (χ1n) is 7.43. The molecule has 134 valence electrons. The lowest BCUT2D eigenvalue weighted by atomic mass is 10.2. The van der Waals surface area contributed by atoms with E-state index in [-0.39, 0.29) is 21.6 Å². The predicted molar refractivity (Wildman–Crippen MR) is 99.3 cm³/mol. The van der Waals surface area contributed by atoms with E-state index in [0.717, 1.165) is 0 Å². The molecule has 1 heterocycles. The molecule has 0 saturated carbocycles. The minimum absolute atomic E-state index is 0.0962. The topological polar surface area (TPSA) is 89.1 Å². The molecule has 0 aliphatic rings. The standard InChI is InChI=1S/C17H14Cl2N4O3/c1-25-9-6-7-10(13(8-9)26-2)15-20-17(23-22-15)21-16(24)11-4-3-5-12(18)14(11)19/h3-8H,1-2H3,(H2,20,21,22,23,24). The SMILES string of the molecule is COc1ccc(-c2nc(NC(=O)c3cccc(Cl)c3Cl)n[nH]2)c(OC)c1. The highest BCUT2D eigenvalue weighted by Crippen LogP contribution is 2.31. The third kappa shape index (κ3) is 3.58. The molecule has 0 atom stereocenters. The fourth-order valence-electron chi connectivity index (χ4n) is 2.28. The number of benzene rings is 2. The third-order valence-electron chi connectivity index (χ3n) is 3.57. The molecule has 2 N–H and O–H groups in total. The Balaban J connectivity index is 1.84. The van der Waals surface area contributed by atoms with Crippen molar-refractivity contribution in [1.29, 1.82) is 0 Å². The maximum atomic E-state index is 12.4. The molecule has 9 heteroatoms. The first kappa shape index (κ1) is 18.0. The van der Waals surface area contributed by atoms with Crippen molar-refractivity contribution in [2.75, 3.05) is 19.5 Å². The van der Waals surface area contributed by atoms with Crippen molar-refractivity contribution in [3.63, 3.8) is 0 Å². The Morgan fingerprint density at radius 3 is 2.69 bits per heavy atom. The maximum Gasteiger partial charge on any atom is 0.259 e. The van der Waals surface area contributed by atoms with Crippen molar-refractivity contribution in [2.24, 2.45) is 0 Å². The average Bonchev–Trinajstić information content (AvgIpc) is 3.11. The minimum Gasteiger partial charge on any atom is -0.497 e. The van der Waals surface area contributed by atoms with Crippen LogP contribution < -0.4 is 14.8 Å². The average molecular weight is 393 g/mol. The van der Waals surface area contributed by atoms with Gasteiger partial charge in [0.2, 0.25) is 5.95 Å². The zero-order chi connectivity index (χ0) is 18.7. The van der Waals surface area contributed by atoms with E-state index in [1.807, 2.05) is 0 Å². The van der Waals surface area contributed by atoms with Crippen LogP contribution in [0.2, 0.25) is 10.0 Å². The van der Waals surface area contributed by atoms with Gasteiger partial charge in [0.25, 0.3) is 5.91 Å². The number of nitrogens with one attached hydrogen (secondary N) is 2. The smallest absolute Gasteiger partial charge is 0.259 e. The van der Waals surface area contributed by atoms with E-state index in [4.69, 9.17) is 32.7 Å². The van der Waals surface area contributed by atoms with Crippen molar-refractivity contribution in [3.8, 4) is 22.9 Å². The van der Waals surface area contributed by atoms with E-state index in [9.17, 15) is 4.79 Å². The molecular formula is C17H14Cl2N4O3. The first-order valence-corrected chi connectivity index (χ1v) is 8.19. The molecule has 0 radical (unpaired) electrons. The summed E-state index contributed by atoms with van der Waals surface area (Å²) in [6.07, 6.45) is 0. The number of amides is 1. The molecule has 0 saturated heterocycles. The minimum atomic E-state index is -0.468. The second-order valence-corrected chi connectivity index (χ2v) is 5.91. The molecule has 0 aliphatic heterocycles. The molecule has 0 bridgehead atoms. The van der Waals surface area contributed by atoms with Crippen LogP contribution in [0.4, 0.5) is 5.95 Å². The number of nitrogens with zero attached hydrogens (tertiary/aromatic N) is 2. The molecule has 0 spiro atoms. The largest absolute Gasteiger partial charge is 0.497 e. The number of hydrogen-bond donors (Lipinski definition) is 2. The van der Waals surface area contributed by atoms with Crippen LogP contribution in [0.3, 0.4) is 0 Å². The van der Waals surface area contributed by atoms with Gasteiger partial charge in [-0.1, -0.05) is 29.3 Å². The van der Waals surface area contributed by atoms with Crippen molar-refractivity contribution >= 4 is 35.1 Å². The lowest BCUT2D eigenvalue weighted by Gasteiger charge is -2.08. The van der Waals surface area contributed by atoms with Gasteiger partial charge in [-0.15, -0.1) is 5.10 Å². The molecule has 0 unspecified atom stereocenters. The summed E-state index contributed by atoms with van der Waals surface area (Å²) in [6, 6.07) is 10.1. The van der Waals surface area contributed by atoms with Gasteiger partial charge in [0.15, 0.2) is 5.82 Å². The van der Waals surface area contributed by atoms with Crippen LogP contribution in [0, 0.1) is 0 Å². The molecule has 0 fully saturated rings. The summed E-state index contributed by atoms with van der Waals surface area (Å²) in [6.45, 7) is 0. The normalized spacial score (nSPS) is 10.5. The van der Waals surface area contributed by atoms with Crippen LogP contribution in [0.25, 0.3) is 11.4 Å². The van der Waals surface area contributed by atoms with Gasteiger partial charge in [0.05, 0.1) is 35.4 Å². The molecule has 1 amide bonds. The summed E-state index contributed by atoms with van der Waals surface area (Å²) < 4.78 is 10.5. The quantitative estimate of drug-likeness (QED) is 0.683. The number of anilines is 1. The fourth-order valence-corrected chi connectivity index (χ4v) is 2.67. The second kappa shape index (κ2) is 7.63. The highest BCUT2D eigenvalue weighted by Gasteiger charge is 2.16. The van der Waals surface area contributed by atoms with Crippen LogP contribution >= 0.6 is 23.2 Å². The number of rotatable bonds is 5. The Morgan fingerprint density at radius 2 is 1.96 bits per heavy atom. The van der Waals surface area contributed by atoms with Crippen LogP contribution in [0.1, 0.15) is 10.4 Å². The molecule has 3 rings (SSSR count). The molecule has 2 aromatic carbocycles. The molecular weight excluding hydrogens is 379 g/mol. The van der Waals surface area contributed by atoms with Crippen molar-refractivity contribution in [1.82, 2.24) is 15.2 Å². The van der Waals surface area contributed by atoms with Crippen molar-refractivity contribution in [2.45, 2.75) is 0 Å². The number of aromatic amines is 1. The van der Waals surface area contributed by atoms with E-state index in [1.54, 1.807) is 50.6 Å². The third-order valence-corrected chi connectivity index (χ3v) is 4.39. The molecule has 0 aliphatic carbocycles. The van der Waals surface area contributed by atoms with Crippen LogP contribution in [-0.4, -0.2) is 35.3 Å². The summed E-state index contributed by atoms with van der Waals surface area (Å²) in [5.41, 5.74) is 0.898. The second-order valence-electron chi connectivity index (χ2n) is 5.13. The summed E-state index contributed by atoms with van der Waals surface area (Å²) in [4.78, 5) is 16.6. The van der Waals surface area contributed by atoms with Gasteiger partial charge in [0.1, 0.15) is 11.5 Å². The zero-order valence-corrected chi connectivity index (χ0v) is 15.4. The van der Waals surface area contributed by atoms with Crippen LogP contribution in [-0.2, 0) is 0 Å². The van der Waals surface area contributed by atoms with Crippen LogP contribution in [0.5, 0.6) is 11.5 Å². The van der Waals surface area contributed by atoms with Gasteiger partial charge in [0, 0.05) is 6.07 Å². The lowest BCUT2D eigenvalue weighted by molar-refractivity contribution is 0.102. The van der Waals surface area contributed by atoms with Crippen molar-refractivity contribution < 1.29 is 14.3 Å². The number of carbonyl (C=O) groups is 1. The summed E-state index contributed by atoms with van der Waals surface area (Å²) in [7, 11) is 3.11. The van der Waals surface area contributed by atoms with E-state index in [2.05, 4.69) is 20.5 Å².